The summed E-state index contributed by atoms with van der Waals surface area (Å²) in [5.41, 5.74) is 8.56. The molecule has 0 atom stereocenters. The summed E-state index contributed by atoms with van der Waals surface area (Å²) in [5.74, 6) is 0.558. The van der Waals surface area contributed by atoms with Crippen molar-refractivity contribution in [2.75, 3.05) is 11.1 Å². The summed E-state index contributed by atoms with van der Waals surface area (Å²) >= 11 is 0. The van der Waals surface area contributed by atoms with E-state index in [1.165, 1.54) is 0 Å². The normalized spacial score (nSPS) is 10.5. The van der Waals surface area contributed by atoms with Gasteiger partial charge in [-0.3, -0.25) is 4.79 Å². The third-order valence-electron chi connectivity index (χ3n) is 2.94. The van der Waals surface area contributed by atoms with E-state index in [2.05, 4.69) is 5.32 Å². The van der Waals surface area contributed by atoms with Gasteiger partial charge in [0.25, 0.3) is 5.91 Å². The number of anilines is 2. The molecule has 2 rings (SSSR count). The first kappa shape index (κ1) is 14.9. The van der Waals surface area contributed by atoms with Crippen molar-refractivity contribution in [2.24, 2.45) is 0 Å². The summed E-state index contributed by atoms with van der Waals surface area (Å²) in [6.07, 6.45) is 0.123. The van der Waals surface area contributed by atoms with Crippen LogP contribution in [-0.4, -0.2) is 12.0 Å². The lowest BCUT2D eigenvalue weighted by atomic mass is 10.1. The van der Waals surface area contributed by atoms with Crippen molar-refractivity contribution in [2.45, 2.75) is 26.9 Å². The van der Waals surface area contributed by atoms with Gasteiger partial charge in [-0.15, -0.1) is 0 Å². The molecule has 0 aliphatic carbocycles. The molecule has 21 heavy (non-hydrogen) atoms. The zero-order chi connectivity index (χ0) is 15.4. The molecule has 0 saturated heterocycles. The quantitative estimate of drug-likeness (QED) is 0.843. The summed E-state index contributed by atoms with van der Waals surface area (Å²) < 4.78 is 5.56. The van der Waals surface area contributed by atoms with E-state index >= 15 is 0 Å². The minimum absolute atomic E-state index is 0.123. The zero-order valence-corrected chi connectivity index (χ0v) is 12.5. The number of nitrogen functional groups attached to an aromatic ring is 1. The van der Waals surface area contributed by atoms with Gasteiger partial charge in [0.15, 0.2) is 0 Å². The van der Waals surface area contributed by atoms with Crippen molar-refractivity contribution in [1.29, 1.82) is 0 Å². The highest BCUT2D eigenvalue weighted by Crippen LogP contribution is 2.19. The van der Waals surface area contributed by atoms with E-state index in [4.69, 9.17) is 10.5 Å². The molecule has 0 aromatic heterocycles. The molecule has 0 spiro atoms. The molecule has 1 amide bonds. The molecule has 4 nitrogen and oxygen atoms in total. The number of carbonyl (C=O) groups is 1. The Hall–Kier alpha value is -2.49. The lowest BCUT2D eigenvalue weighted by Gasteiger charge is -2.11. The van der Waals surface area contributed by atoms with E-state index in [9.17, 15) is 4.79 Å². The Morgan fingerprint density at radius 1 is 1.14 bits per heavy atom. The monoisotopic (exact) mass is 284 g/mol. The number of nitrogens with one attached hydrogen (secondary N) is 1. The maximum Gasteiger partial charge on any atom is 0.257 e. The van der Waals surface area contributed by atoms with Gasteiger partial charge in [0.05, 0.1) is 11.7 Å². The second-order valence-electron chi connectivity index (χ2n) is 5.24. The molecule has 0 aliphatic rings. The molecule has 110 valence electrons. The third kappa shape index (κ3) is 3.99. The van der Waals surface area contributed by atoms with Crippen molar-refractivity contribution < 1.29 is 9.53 Å². The number of hydrogen-bond donors (Lipinski definition) is 2. The van der Waals surface area contributed by atoms with Crippen LogP contribution in [0.1, 0.15) is 29.8 Å². The summed E-state index contributed by atoms with van der Waals surface area (Å²) in [7, 11) is 0. The SMILES string of the molecule is Cc1ccc(C(=O)Nc2ccc(OC(C)C)cc2)c(N)c1. The van der Waals surface area contributed by atoms with Crippen LogP contribution in [0.3, 0.4) is 0 Å². The molecule has 4 heteroatoms. The van der Waals surface area contributed by atoms with Gasteiger partial charge in [0, 0.05) is 11.4 Å². The minimum Gasteiger partial charge on any atom is -0.491 e. The Morgan fingerprint density at radius 2 is 1.81 bits per heavy atom. The van der Waals surface area contributed by atoms with Crippen molar-refractivity contribution >= 4 is 17.3 Å². The predicted molar refractivity (Wildman–Crippen MR) is 85.8 cm³/mol. The van der Waals surface area contributed by atoms with Gasteiger partial charge in [-0.1, -0.05) is 6.07 Å². The summed E-state index contributed by atoms with van der Waals surface area (Å²) in [6, 6.07) is 12.7. The Kier molecular flexibility index (Phi) is 4.48. The van der Waals surface area contributed by atoms with Gasteiger partial charge >= 0.3 is 0 Å². The van der Waals surface area contributed by atoms with Gasteiger partial charge in [0.1, 0.15) is 5.75 Å². The topological polar surface area (TPSA) is 64.3 Å². The maximum atomic E-state index is 12.2. The summed E-state index contributed by atoms with van der Waals surface area (Å²) in [5, 5.41) is 2.82. The van der Waals surface area contributed by atoms with Gasteiger partial charge < -0.3 is 15.8 Å². The predicted octanol–water partition coefficient (Wildman–Crippen LogP) is 3.62. The summed E-state index contributed by atoms with van der Waals surface area (Å²) in [4.78, 5) is 12.2. The van der Waals surface area contributed by atoms with Crippen molar-refractivity contribution in [3.63, 3.8) is 0 Å². The standard InChI is InChI=1S/C17H20N2O2/c1-11(2)21-14-7-5-13(6-8-14)19-17(20)15-9-4-12(3)10-16(15)18/h4-11H,18H2,1-3H3,(H,19,20). The van der Waals surface area contributed by atoms with Gasteiger partial charge in [-0.05, 0) is 62.7 Å². The average molecular weight is 284 g/mol. The highest BCUT2D eigenvalue weighted by Gasteiger charge is 2.10. The number of ether oxygens (including phenoxy) is 1. The largest absolute Gasteiger partial charge is 0.491 e. The van der Waals surface area contributed by atoms with Crippen LogP contribution in [0.5, 0.6) is 5.75 Å². The van der Waals surface area contributed by atoms with Crippen LogP contribution in [-0.2, 0) is 0 Å². The molecule has 0 fully saturated rings. The van der Waals surface area contributed by atoms with E-state index in [1.807, 2.05) is 39.0 Å². The Labute approximate surface area is 124 Å². The van der Waals surface area contributed by atoms with E-state index < -0.39 is 0 Å². The van der Waals surface area contributed by atoms with Crippen LogP contribution in [0.2, 0.25) is 0 Å². The van der Waals surface area contributed by atoms with Crippen LogP contribution >= 0.6 is 0 Å². The van der Waals surface area contributed by atoms with Crippen LogP contribution in [0.15, 0.2) is 42.5 Å². The van der Waals surface area contributed by atoms with Crippen LogP contribution in [0.25, 0.3) is 0 Å². The Morgan fingerprint density at radius 3 is 2.38 bits per heavy atom. The fourth-order valence-electron chi connectivity index (χ4n) is 1.98. The molecule has 0 heterocycles. The molecular formula is C17H20N2O2. The van der Waals surface area contributed by atoms with Crippen LogP contribution in [0, 0.1) is 6.92 Å². The number of benzene rings is 2. The fraction of sp³-hybridized carbons (Fsp3) is 0.235. The molecular weight excluding hydrogens is 264 g/mol. The first-order chi connectivity index (χ1) is 9.95. The average Bonchev–Trinajstić information content (AvgIpc) is 2.40. The van der Waals surface area contributed by atoms with Crippen molar-refractivity contribution in [1.82, 2.24) is 0 Å². The fourth-order valence-corrected chi connectivity index (χ4v) is 1.98. The molecule has 3 N–H and O–H groups in total. The van der Waals surface area contributed by atoms with Crippen LogP contribution < -0.4 is 15.8 Å². The van der Waals surface area contributed by atoms with Crippen LogP contribution in [0.4, 0.5) is 11.4 Å². The van der Waals surface area contributed by atoms with Gasteiger partial charge in [0.2, 0.25) is 0 Å². The van der Waals surface area contributed by atoms with Gasteiger partial charge in [-0.2, -0.15) is 0 Å². The summed E-state index contributed by atoms with van der Waals surface area (Å²) in [6.45, 7) is 5.87. The molecule has 2 aromatic rings. The molecule has 0 aliphatic heterocycles. The number of nitrogens with two attached hydrogens (primary N) is 1. The number of rotatable bonds is 4. The number of hydrogen-bond acceptors (Lipinski definition) is 3. The van der Waals surface area contributed by atoms with E-state index in [0.717, 1.165) is 11.3 Å². The molecule has 0 saturated carbocycles. The number of aryl methyl sites for hydroxylation is 1. The maximum absolute atomic E-state index is 12.2. The van der Waals surface area contributed by atoms with Crippen molar-refractivity contribution in [3.8, 4) is 5.75 Å². The minimum atomic E-state index is -0.218. The smallest absolute Gasteiger partial charge is 0.257 e. The molecule has 2 aromatic carbocycles. The highest BCUT2D eigenvalue weighted by atomic mass is 16.5. The first-order valence-corrected chi connectivity index (χ1v) is 6.90. The Bertz CT molecular complexity index is 634. The lowest BCUT2D eigenvalue weighted by molar-refractivity contribution is 0.102. The van der Waals surface area contributed by atoms with Crippen molar-refractivity contribution in [3.05, 3.63) is 53.6 Å². The zero-order valence-electron chi connectivity index (χ0n) is 12.5. The Balaban J connectivity index is 2.08. The first-order valence-electron chi connectivity index (χ1n) is 6.90. The van der Waals surface area contributed by atoms with E-state index in [0.29, 0.717) is 16.9 Å². The third-order valence-corrected chi connectivity index (χ3v) is 2.94. The highest BCUT2D eigenvalue weighted by molar-refractivity contribution is 6.07. The van der Waals surface area contributed by atoms with E-state index in [-0.39, 0.29) is 12.0 Å². The second-order valence-corrected chi connectivity index (χ2v) is 5.24. The second kappa shape index (κ2) is 6.31. The molecule has 0 unspecified atom stereocenters. The lowest BCUT2D eigenvalue weighted by Crippen LogP contribution is -2.14. The number of carbonyl (C=O) groups excluding carboxylic acids is 1. The molecule has 0 bridgehead atoms. The van der Waals surface area contributed by atoms with Gasteiger partial charge in [-0.25, -0.2) is 0 Å². The van der Waals surface area contributed by atoms with E-state index in [1.54, 1.807) is 24.3 Å². The molecule has 0 radical (unpaired) electrons. The number of amides is 1.